The van der Waals surface area contributed by atoms with Crippen molar-refractivity contribution in [2.24, 2.45) is 17.8 Å². The van der Waals surface area contributed by atoms with Crippen LogP contribution in [0, 0.1) is 29.1 Å². The molecule has 0 saturated heterocycles. The summed E-state index contributed by atoms with van der Waals surface area (Å²) in [6, 6.07) is 2.32. The van der Waals surface area contributed by atoms with Crippen molar-refractivity contribution in [1.82, 2.24) is 0 Å². The molecule has 2 heteroatoms. The van der Waals surface area contributed by atoms with E-state index >= 15 is 0 Å². The number of hydrogen-bond acceptors (Lipinski definition) is 2. The summed E-state index contributed by atoms with van der Waals surface area (Å²) in [4.78, 5) is 0. The maximum atomic E-state index is 8.71. The van der Waals surface area contributed by atoms with E-state index in [1.165, 1.54) is 0 Å². The first-order valence-corrected chi connectivity index (χ1v) is 4.28. The van der Waals surface area contributed by atoms with Crippen LogP contribution in [-0.2, 0) is 0 Å². The van der Waals surface area contributed by atoms with Gasteiger partial charge < -0.3 is 5.11 Å². The normalized spacial score (nSPS) is 37.0. The zero-order valence-corrected chi connectivity index (χ0v) is 6.95. The van der Waals surface area contributed by atoms with Gasteiger partial charge in [-0.2, -0.15) is 5.26 Å². The predicted octanol–water partition coefficient (Wildman–Crippen LogP) is 1.55. The van der Waals surface area contributed by atoms with Crippen LogP contribution in [0.4, 0.5) is 0 Å². The van der Waals surface area contributed by atoms with Crippen LogP contribution in [0.5, 0.6) is 0 Å². The molecule has 2 nitrogen and oxygen atoms in total. The van der Waals surface area contributed by atoms with E-state index in [0.29, 0.717) is 11.8 Å². The quantitative estimate of drug-likeness (QED) is 0.654. The second-order valence-electron chi connectivity index (χ2n) is 3.56. The molecule has 0 aliphatic heterocycles. The van der Waals surface area contributed by atoms with Crippen molar-refractivity contribution in [3.63, 3.8) is 0 Å². The molecule has 1 N–H and O–H groups in total. The Balaban J connectivity index is 2.38. The highest BCUT2D eigenvalue weighted by Gasteiger charge is 2.30. The fourth-order valence-electron chi connectivity index (χ4n) is 1.98. The van der Waals surface area contributed by atoms with Crippen LogP contribution in [0.3, 0.4) is 0 Å². The zero-order valence-electron chi connectivity index (χ0n) is 6.95. The third-order valence-electron chi connectivity index (χ3n) is 2.68. The molecule has 0 bridgehead atoms. The average Bonchev–Trinajstić information content (AvgIpc) is 2.32. The lowest BCUT2D eigenvalue weighted by molar-refractivity contribution is 0.256. The lowest BCUT2D eigenvalue weighted by atomic mass is 10.0. The van der Waals surface area contributed by atoms with E-state index in [-0.39, 0.29) is 12.5 Å². The summed E-state index contributed by atoms with van der Waals surface area (Å²) < 4.78 is 0. The Hall–Kier alpha value is -0.550. The van der Waals surface area contributed by atoms with E-state index < -0.39 is 0 Å². The fraction of sp³-hybridized carbons (Fsp3) is 0.889. The van der Waals surface area contributed by atoms with E-state index in [4.69, 9.17) is 10.4 Å². The van der Waals surface area contributed by atoms with Crippen LogP contribution in [-0.4, -0.2) is 11.7 Å². The van der Waals surface area contributed by atoms with Gasteiger partial charge in [0.15, 0.2) is 0 Å². The second-order valence-corrected chi connectivity index (χ2v) is 3.56. The van der Waals surface area contributed by atoms with Crippen molar-refractivity contribution in [1.29, 1.82) is 5.26 Å². The molecule has 11 heavy (non-hydrogen) atoms. The third-order valence-corrected chi connectivity index (χ3v) is 2.68. The van der Waals surface area contributed by atoms with Crippen LogP contribution >= 0.6 is 0 Å². The highest BCUT2D eigenvalue weighted by atomic mass is 16.3. The molecule has 1 aliphatic carbocycles. The van der Waals surface area contributed by atoms with Crippen LogP contribution in [0.25, 0.3) is 0 Å². The Morgan fingerprint density at radius 1 is 1.55 bits per heavy atom. The van der Waals surface area contributed by atoms with Gasteiger partial charge in [0.2, 0.25) is 0 Å². The summed E-state index contributed by atoms with van der Waals surface area (Å²) in [7, 11) is 0. The van der Waals surface area contributed by atoms with Gasteiger partial charge in [-0.3, -0.25) is 0 Å². The molecule has 0 aromatic heterocycles. The van der Waals surface area contributed by atoms with Crippen LogP contribution < -0.4 is 0 Å². The third kappa shape index (κ3) is 1.94. The highest BCUT2D eigenvalue weighted by molar-refractivity contribution is 4.93. The molecule has 0 radical (unpaired) electrons. The van der Waals surface area contributed by atoms with E-state index in [0.717, 1.165) is 19.3 Å². The van der Waals surface area contributed by atoms with Gasteiger partial charge >= 0.3 is 0 Å². The lowest BCUT2D eigenvalue weighted by Gasteiger charge is -2.04. The molecule has 1 saturated carbocycles. The van der Waals surface area contributed by atoms with Gasteiger partial charge in [0.05, 0.1) is 6.07 Å². The Kier molecular flexibility index (Phi) is 2.90. The first kappa shape index (κ1) is 8.55. The van der Waals surface area contributed by atoms with Crippen LogP contribution in [0.1, 0.15) is 26.2 Å². The van der Waals surface area contributed by atoms with Gasteiger partial charge in [-0.05, 0) is 31.1 Å². The summed E-state index contributed by atoms with van der Waals surface area (Å²) in [5, 5.41) is 17.4. The molecule has 0 aromatic carbocycles. The van der Waals surface area contributed by atoms with Crippen LogP contribution in [0.2, 0.25) is 0 Å². The molecular formula is C9H15NO. The molecule has 62 valence electrons. The summed E-state index contributed by atoms with van der Waals surface area (Å²) in [5.74, 6) is 1.38. The van der Waals surface area contributed by atoms with E-state index in [9.17, 15) is 0 Å². The number of aliphatic hydroxyl groups excluding tert-OH is 1. The minimum absolute atomic E-state index is 0.242. The van der Waals surface area contributed by atoms with Crippen molar-refractivity contribution < 1.29 is 5.11 Å². The van der Waals surface area contributed by atoms with E-state index in [1.54, 1.807) is 0 Å². The Labute approximate surface area is 67.8 Å². The maximum absolute atomic E-state index is 8.71. The lowest BCUT2D eigenvalue weighted by Crippen LogP contribution is -1.98. The molecule has 3 unspecified atom stereocenters. The van der Waals surface area contributed by atoms with Crippen molar-refractivity contribution >= 4 is 0 Å². The molecule has 1 fully saturated rings. The first-order valence-electron chi connectivity index (χ1n) is 4.28. The van der Waals surface area contributed by atoms with Crippen LogP contribution in [0.15, 0.2) is 0 Å². The number of nitrogens with zero attached hydrogens (tertiary/aromatic N) is 1. The molecule has 1 aliphatic rings. The van der Waals surface area contributed by atoms with Crippen molar-refractivity contribution in [2.75, 3.05) is 6.61 Å². The molecule has 0 heterocycles. The van der Waals surface area contributed by atoms with Crippen molar-refractivity contribution in [2.45, 2.75) is 26.2 Å². The van der Waals surface area contributed by atoms with E-state index in [1.807, 2.05) is 0 Å². The van der Waals surface area contributed by atoms with Crippen molar-refractivity contribution in [3.05, 3.63) is 0 Å². The zero-order chi connectivity index (χ0) is 8.27. The summed E-state index contributed by atoms with van der Waals surface area (Å²) in [6.45, 7) is 2.40. The van der Waals surface area contributed by atoms with Gasteiger partial charge in [-0.1, -0.05) is 6.92 Å². The maximum Gasteiger partial charge on any atom is 0.0658 e. The fourth-order valence-corrected chi connectivity index (χ4v) is 1.98. The summed E-state index contributed by atoms with van der Waals surface area (Å²) >= 11 is 0. The summed E-state index contributed by atoms with van der Waals surface area (Å²) in [6.07, 6.45) is 3.00. The van der Waals surface area contributed by atoms with Gasteiger partial charge in [-0.25, -0.2) is 0 Å². The smallest absolute Gasteiger partial charge is 0.0658 e. The molecule has 0 spiro atoms. The Morgan fingerprint density at radius 3 is 2.73 bits per heavy atom. The minimum Gasteiger partial charge on any atom is -0.396 e. The van der Waals surface area contributed by atoms with Crippen molar-refractivity contribution in [3.8, 4) is 6.07 Å². The predicted molar refractivity (Wildman–Crippen MR) is 42.7 cm³/mol. The SMILES string of the molecule is CC1CC(CCO)CC1C#N. The molecule has 0 aromatic rings. The van der Waals surface area contributed by atoms with Gasteiger partial charge in [-0.15, -0.1) is 0 Å². The largest absolute Gasteiger partial charge is 0.396 e. The molecule has 1 rings (SSSR count). The standard InChI is InChI=1S/C9H15NO/c1-7-4-8(2-3-11)5-9(7)6-10/h7-9,11H,2-5H2,1H3. The average molecular weight is 153 g/mol. The number of rotatable bonds is 2. The minimum atomic E-state index is 0.242. The second kappa shape index (κ2) is 3.73. The highest BCUT2D eigenvalue weighted by Crippen LogP contribution is 2.37. The summed E-state index contributed by atoms with van der Waals surface area (Å²) in [5.41, 5.74) is 0. The number of hydrogen-bond donors (Lipinski definition) is 1. The van der Waals surface area contributed by atoms with E-state index in [2.05, 4.69) is 13.0 Å². The molecular weight excluding hydrogens is 138 g/mol. The van der Waals surface area contributed by atoms with Gasteiger partial charge in [0.25, 0.3) is 0 Å². The van der Waals surface area contributed by atoms with Gasteiger partial charge in [0, 0.05) is 12.5 Å². The Bertz CT molecular complexity index is 161. The topological polar surface area (TPSA) is 44.0 Å². The Morgan fingerprint density at radius 2 is 2.27 bits per heavy atom. The molecule has 0 amide bonds. The van der Waals surface area contributed by atoms with Gasteiger partial charge in [0.1, 0.15) is 0 Å². The number of aliphatic hydroxyl groups is 1. The monoisotopic (exact) mass is 153 g/mol. The molecule has 3 atom stereocenters. The number of nitriles is 1. The first-order chi connectivity index (χ1) is 5.27.